The summed E-state index contributed by atoms with van der Waals surface area (Å²) in [5, 5.41) is 0. The maximum Gasteiger partial charge on any atom is 0.410 e. The molecule has 0 saturated carbocycles. The first kappa shape index (κ1) is 14.6. The minimum Gasteiger partial charge on any atom is -0.444 e. The predicted molar refractivity (Wildman–Crippen MR) is 84.2 cm³/mol. The number of nitrogens with one attached hydrogen (secondary N) is 1. The summed E-state index contributed by atoms with van der Waals surface area (Å²) in [6, 6.07) is 8.23. The molecule has 3 rings (SSSR count). The highest BCUT2D eigenvalue weighted by Crippen LogP contribution is 2.26. The Hall–Kier alpha value is -2.30. The fourth-order valence-corrected chi connectivity index (χ4v) is 2.44. The lowest BCUT2D eigenvalue weighted by atomic mass is 10.1. The Kier molecular flexibility index (Phi) is 3.43. The Morgan fingerprint density at radius 2 is 1.91 bits per heavy atom. The molecule has 0 atom stereocenters. The summed E-state index contributed by atoms with van der Waals surface area (Å²) < 4.78 is 5.40. The molecule has 1 aromatic heterocycles. The number of ether oxygens (including phenoxy) is 1. The Labute approximate surface area is 130 Å². The normalized spacial score (nSPS) is 14.1. The Bertz CT molecular complexity index is 672. The van der Waals surface area contributed by atoms with E-state index in [4.69, 9.17) is 4.74 Å². The number of benzene rings is 1. The van der Waals surface area contributed by atoms with Crippen LogP contribution < -0.4 is 0 Å². The van der Waals surface area contributed by atoms with E-state index in [0.717, 1.165) is 22.8 Å². The molecule has 0 aliphatic carbocycles. The second kappa shape index (κ2) is 5.16. The number of fused-ring (bicyclic) bond motifs is 1. The number of carbonyl (C=O) groups excluding carboxylic acids is 1. The molecule has 0 unspecified atom stereocenters. The molecule has 0 saturated heterocycles. The second-order valence-corrected chi connectivity index (χ2v) is 6.71. The minimum atomic E-state index is -0.478. The van der Waals surface area contributed by atoms with Crippen molar-refractivity contribution < 1.29 is 9.53 Å². The molecule has 1 aliphatic heterocycles. The van der Waals surface area contributed by atoms with Crippen molar-refractivity contribution in [1.82, 2.24) is 14.9 Å². The summed E-state index contributed by atoms with van der Waals surface area (Å²) in [4.78, 5) is 21.7. The molecular formula is C17H21N3O2. The van der Waals surface area contributed by atoms with Gasteiger partial charge in [0.15, 0.2) is 0 Å². The number of amides is 1. The fraction of sp³-hybridized carbons (Fsp3) is 0.412. The number of carbonyl (C=O) groups is 1. The van der Waals surface area contributed by atoms with Crippen LogP contribution in [0.4, 0.5) is 4.79 Å². The standard InChI is InChI=1S/C17H21N3O2/c1-11-5-7-12(8-6-11)15-18-13-9-20(10-14(13)19-15)16(21)22-17(2,3)4/h5-8H,9-10H2,1-4H3,(H,18,19). The van der Waals surface area contributed by atoms with E-state index in [1.165, 1.54) is 5.56 Å². The van der Waals surface area contributed by atoms with Gasteiger partial charge in [0.1, 0.15) is 11.4 Å². The number of imidazole rings is 1. The van der Waals surface area contributed by atoms with Gasteiger partial charge in [0.2, 0.25) is 0 Å². The van der Waals surface area contributed by atoms with Crippen molar-refractivity contribution in [1.29, 1.82) is 0 Å². The monoisotopic (exact) mass is 299 g/mol. The maximum absolute atomic E-state index is 12.1. The molecular weight excluding hydrogens is 278 g/mol. The van der Waals surface area contributed by atoms with Crippen LogP contribution in [0.15, 0.2) is 24.3 Å². The summed E-state index contributed by atoms with van der Waals surface area (Å²) in [6.45, 7) is 8.68. The lowest BCUT2D eigenvalue weighted by Crippen LogP contribution is -2.33. The number of nitrogens with zero attached hydrogens (tertiary/aromatic N) is 2. The van der Waals surface area contributed by atoms with Crippen LogP contribution in [0.2, 0.25) is 0 Å². The van der Waals surface area contributed by atoms with Crippen molar-refractivity contribution in [3.63, 3.8) is 0 Å². The van der Waals surface area contributed by atoms with Crippen LogP contribution in [0.5, 0.6) is 0 Å². The third kappa shape index (κ3) is 2.98. The van der Waals surface area contributed by atoms with E-state index in [1.54, 1.807) is 4.90 Å². The van der Waals surface area contributed by atoms with E-state index in [0.29, 0.717) is 13.1 Å². The number of H-pyrrole nitrogens is 1. The third-order valence-electron chi connectivity index (χ3n) is 3.53. The van der Waals surface area contributed by atoms with Crippen LogP contribution in [0, 0.1) is 6.92 Å². The molecule has 5 heteroatoms. The van der Waals surface area contributed by atoms with Crippen LogP contribution >= 0.6 is 0 Å². The number of rotatable bonds is 1. The van der Waals surface area contributed by atoms with E-state index in [2.05, 4.69) is 41.2 Å². The first-order valence-corrected chi connectivity index (χ1v) is 7.44. The molecule has 116 valence electrons. The van der Waals surface area contributed by atoms with Crippen LogP contribution in [-0.4, -0.2) is 26.6 Å². The highest BCUT2D eigenvalue weighted by atomic mass is 16.6. The largest absolute Gasteiger partial charge is 0.444 e. The molecule has 0 radical (unpaired) electrons. The van der Waals surface area contributed by atoms with E-state index in [-0.39, 0.29) is 6.09 Å². The zero-order valence-electron chi connectivity index (χ0n) is 13.4. The SMILES string of the molecule is Cc1ccc(-c2nc3c([nH]2)CN(C(=O)OC(C)(C)C)C3)cc1. The highest BCUT2D eigenvalue weighted by molar-refractivity contribution is 5.69. The average Bonchev–Trinajstić information content (AvgIpc) is 2.95. The van der Waals surface area contributed by atoms with Gasteiger partial charge in [-0.05, 0) is 27.7 Å². The van der Waals surface area contributed by atoms with Crippen molar-refractivity contribution in [3.05, 3.63) is 41.2 Å². The van der Waals surface area contributed by atoms with Crippen molar-refractivity contribution in [2.24, 2.45) is 0 Å². The highest BCUT2D eigenvalue weighted by Gasteiger charge is 2.30. The molecule has 5 nitrogen and oxygen atoms in total. The van der Waals surface area contributed by atoms with Gasteiger partial charge in [-0.25, -0.2) is 9.78 Å². The molecule has 0 fully saturated rings. The summed E-state index contributed by atoms with van der Waals surface area (Å²) in [6.07, 6.45) is -0.296. The topological polar surface area (TPSA) is 58.2 Å². The van der Waals surface area contributed by atoms with Crippen LogP contribution in [0.3, 0.4) is 0 Å². The van der Waals surface area contributed by atoms with E-state index in [9.17, 15) is 4.79 Å². The van der Waals surface area contributed by atoms with E-state index < -0.39 is 5.60 Å². The summed E-state index contributed by atoms with van der Waals surface area (Å²) in [5.74, 6) is 0.855. The molecule has 0 spiro atoms. The zero-order valence-corrected chi connectivity index (χ0v) is 13.4. The Morgan fingerprint density at radius 1 is 1.23 bits per heavy atom. The van der Waals surface area contributed by atoms with Gasteiger partial charge in [-0.1, -0.05) is 29.8 Å². The van der Waals surface area contributed by atoms with Gasteiger partial charge in [0.25, 0.3) is 0 Å². The lowest BCUT2D eigenvalue weighted by Gasteiger charge is -2.24. The van der Waals surface area contributed by atoms with Crippen molar-refractivity contribution >= 4 is 6.09 Å². The molecule has 1 N–H and O–H groups in total. The van der Waals surface area contributed by atoms with E-state index in [1.807, 2.05) is 20.8 Å². The predicted octanol–water partition coefficient (Wildman–Crippen LogP) is 3.64. The molecule has 0 bridgehead atoms. The minimum absolute atomic E-state index is 0.296. The first-order chi connectivity index (χ1) is 10.3. The first-order valence-electron chi connectivity index (χ1n) is 7.44. The Morgan fingerprint density at radius 3 is 2.50 bits per heavy atom. The van der Waals surface area contributed by atoms with Gasteiger partial charge in [0, 0.05) is 5.56 Å². The van der Waals surface area contributed by atoms with Crippen molar-refractivity contribution in [2.45, 2.75) is 46.4 Å². The molecule has 1 amide bonds. The van der Waals surface area contributed by atoms with Gasteiger partial charge < -0.3 is 9.72 Å². The zero-order chi connectivity index (χ0) is 15.9. The lowest BCUT2D eigenvalue weighted by molar-refractivity contribution is 0.0239. The number of hydrogen-bond acceptors (Lipinski definition) is 3. The molecule has 2 aromatic rings. The molecule has 2 heterocycles. The van der Waals surface area contributed by atoms with Gasteiger partial charge >= 0.3 is 6.09 Å². The molecule has 22 heavy (non-hydrogen) atoms. The van der Waals surface area contributed by atoms with Crippen LogP contribution in [0.25, 0.3) is 11.4 Å². The Balaban J connectivity index is 1.73. The van der Waals surface area contributed by atoms with Crippen LogP contribution in [0.1, 0.15) is 37.7 Å². The average molecular weight is 299 g/mol. The van der Waals surface area contributed by atoms with Crippen molar-refractivity contribution in [3.8, 4) is 11.4 Å². The molecule has 1 aliphatic rings. The quantitative estimate of drug-likeness (QED) is 0.874. The summed E-state index contributed by atoms with van der Waals surface area (Å²) in [5.41, 5.74) is 3.71. The van der Waals surface area contributed by atoms with Crippen molar-refractivity contribution in [2.75, 3.05) is 0 Å². The van der Waals surface area contributed by atoms with Gasteiger partial charge in [-0.2, -0.15) is 0 Å². The maximum atomic E-state index is 12.1. The van der Waals surface area contributed by atoms with Gasteiger partial charge in [-0.3, -0.25) is 4.90 Å². The summed E-state index contributed by atoms with van der Waals surface area (Å²) >= 11 is 0. The number of hydrogen-bond donors (Lipinski definition) is 1. The molecule has 1 aromatic carbocycles. The van der Waals surface area contributed by atoms with Gasteiger partial charge in [-0.15, -0.1) is 0 Å². The summed E-state index contributed by atoms with van der Waals surface area (Å²) in [7, 11) is 0. The second-order valence-electron chi connectivity index (χ2n) is 6.71. The van der Waals surface area contributed by atoms with Gasteiger partial charge in [0.05, 0.1) is 24.5 Å². The number of aromatic amines is 1. The smallest absolute Gasteiger partial charge is 0.410 e. The third-order valence-corrected chi connectivity index (χ3v) is 3.53. The number of aromatic nitrogens is 2. The van der Waals surface area contributed by atoms with Crippen LogP contribution in [-0.2, 0) is 17.8 Å². The number of aryl methyl sites for hydroxylation is 1. The van der Waals surface area contributed by atoms with E-state index >= 15 is 0 Å². The fourth-order valence-electron chi connectivity index (χ4n) is 2.44.